The van der Waals surface area contributed by atoms with E-state index < -0.39 is 5.97 Å². The largest absolute Gasteiger partial charge is 0.497 e. The van der Waals surface area contributed by atoms with Crippen molar-refractivity contribution in [3.63, 3.8) is 0 Å². The van der Waals surface area contributed by atoms with Crippen molar-refractivity contribution in [2.45, 2.75) is 0 Å². The zero-order valence-electron chi connectivity index (χ0n) is 17.8. The van der Waals surface area contributed by atoms with Gasteiger partial charge in [-0.05, 0) is 54.6 Å². The first-order chi connectivity index (χ1) is 15.9. The second-order valence-corrected chi connectivity index (χ2v) is 8.01. The highest BCUT2D eigenvalue weighted by atomic mass is 35.5. The number of Topliss-reactive ketones (excluding diaryl/α,β-unsaturated/α-hetero) is 1. The van der Waals surface area contributed by atoms with E-state index in [-0.39, 0.29) is 17.3 Å². The minimum Gasteiger partial charge on any atom is -0.497 e. The highest BCUT2D eigenvalue weighted by Gasteiger charge is 2.28. The fourth-order valence-corrected chi connectivity index (χ4v) is 3.99. The van der Waals surface area contributed by atoms with E-state index in [0.29, 0.717) is 21.9 Å². The number of rotatable bonds is 4. The summed E-state index contributed by atoms with van der Waals surface area (Å²) in [5.74, 6) is 0.725. The number of allylic oxidation sites excluding steroid dienone is 1. The minimum atomic E-state index is -0.553. The molecule has 33 heavy (non-hydrogen) atoms. The SMILES string of the molecule is COc1ccc2c(c1)c(/C=C1\Oc3cc(OC(=O)c4cccc(Cl)c4)ccc3C1=O)cn2C. The fraction of sp³-hybridized carbons (Fsp3) is 0.0769. The zero-order valence-corrected chi connectivity index (χ0v) is 18.6. The lowest BCUT2D eigenvalue weighted by Gasteiger charge is -2.06. The second-order valence-electron chi connectivity index (χ2n) is 7.58. The number of aromatic nitrogens is 1. The van der Waals surface area contributed by atoms with Crippen molar-refractivity contribution in [3.05, 3.63) is 94.3 Å². The lowest BCUT2D eigenvalue weighted by molar-refractivity contribution is 0.0734. The molecule has 0 radical (unpaired) electrons. The van der Waals surface area contributed by atoms with Crippen LogP contribution in [-0.4, -0.2) is 23.4 Å². The fourth-order valence-electron chi connectivity index (χ4n) is 3.80. The lowest BCUT2D eigenvalue weighted by atomic mass is 10.1. The van der Waals surface area contributed by atoms with Gasteiger partial charge in [-0.15, -0.1) is 0 Å². The van der Waals surface area contributed by atoms with Gasteiger partial charge in [-0.3, -0.25) is 4.79 Å². The van der Waals surface area contributed by atoms with Gasteiger partial charge < -0.3 is 18.8 Å². The first-order valence-electron chi connectivity index (χ1n) is 10.1. The van der Waals surface area contributed by atoms with Crippen molar-refractivity contribution < 1.29 is 23.8 Å². The summed E-state index contributed by atoms with van der Waals surface area (Å²) in [5, 5.41) is 1.38. The summed E-state index contributed by atoms with van der Waals surface area (Å²) in [4.78, 5) is 25.3. The van der Waals surface area contributed by atoms with Gasteiger partial charge in [0.1, 0.15) is 17.2 Å². The van der Waals surface area contributed by atoms with E-state index >= 15 is 0 Å². The van der Waals surface area contributed by atoms with Crippen LogP contribution in [0.1, 0.15) is 26.3 Å². The molecule has 0 unspecified atom stereocenters. The number of hydrogen-bond acceptors (Lipinski definition) is 5. The third-order valence-electron chi connectivity index (χ3n) is 5.43. The summed E-state index contributed by atoms with van der Waals surface area (Å²) < 4.78 is 18.6. The van der Waals surface area contributed by atoms with Crippen LogP contribution in [0.4, 0.5) is 0 Å². The molecule has 164 valence electrons. The third-order valence-corrected chi connectivity index (χ3v) is 5.66. The Morgan fingerprint density at radius 2 is 1.88 bits per heavy atom. The number of fused-ring (bicyclic) bond motifs is 2. The maximum absolute atomic E-state index is 12.9. The lowest BCUT2D eigenvalue weighted by Crippen LogP contribution is -2.08. The van der Waals surface area contributed by atoms with Crippen molar-refractivity contribution in [2.75, 3.05) is 7.11 Å². The highest BCUT2D eigenvalue weighted by molar-refractivity contribution is 6.30. The van der Waals surface area contributed by atoms with Gasteiger partial charge in [-0.1, -0.05) is 17.7 Å². The summed E-state index contributed by atoms with van der Waals surface area (Å²) in [6.07, 6.45) is 3.64. The molecule has 1 aromatic heterocycles. The first-order valence-corrected chi connectivity index (χ1v) is 10.5. The minimum absolute atomic E-state index is 0.193. The summed E-state index contributed by atoms with van der Waals surface area (Å²) in [7, 11) is 3.54. The summed E-state index contributed by atoms with van der Waals surface area (Å²) in [6.45, 7) is 0. The Bertz CT molecular complexity index is 1470. The number of nitrogens with zero attached hydrogens (tertiary/aromatic N) is 1. The van der Waals surface area contributed by atoms with E-state index in [1.165, 1.54) is 12.1 Å². The number of ketones is 1. The topological polar surface area (TPSA) is 66.8 Å². The smallest absolute Gasteiger partial charge is 0.343 e. The monoisotopic (exact) mass is 459 g/mol. The van der Waals surface area contributed by atoms with Gasteiger partial charge in [0.15, 0.2) is 5.76 Å². The molecule has 0 fully saturated rings. The van der Waals surface area contributed by atoms with E-state index in [1.54, 1.807) is 43.5 Å². The average Bonchev–Trinajstić information content (AvgIpc) is 3.29. The Balaban J connectivity index is 1.43. The molecule has 2 heterocycles. The van der Waals surface area contributed by atoms with Crippen LogP contribution in [0.3, 0.4) is 0 Å². The second kappa shape index (κ2) is 8.15. The standard InChI is InChI=1S/C26H18ClNO5/c1-28-14-16(21-12-18(31-2)7-9-22(21)28)11-24-25(29)20-8-6-19(13-23(20)33-24)32-26(30)15-4-3-5-17(27)10-15/h3-14H,1-2H3/b24-11-. The van der Waals surface area contributed by atoms with Gasteiger partial charge in [-0.25, -0.2) is 4.79 Å². The third kappa shape index (κ3) is 3.85. The quantitative estimate of drug-likeness (QED) is 0.223. The number of carbonyl (C=O) groups is 2. The molecular formula is C26H18ClNO5. The molecule has 0 N–H and O–H groups in total. The van der Waals surface area contributed by atoms with E-state index in [9.17, 15) is 9.59 Å². The number of hydrogen-bond donors (Lipinski definition) is 0. The van der Waals surface area contributed by atoms with Crippen molar-refractivity contribution in [2.24, 2.45) is 7.05 Å². The Morgan fingerprint density at radius 1 is 1.06 bits per heavy atom. The van der Waals surface area contributed by atoms with Crippen LogP contribution in [0.15, 0.2) is 72.6 Å². The Hall–Kier alpha value is -4.03. The van der Waals surface area contributed by atoms with Gasteiger partial charge in [0.2, 0.25) is 5.78 Å². The van der Waals surface area contributed by atoms with Crippen LogP contribution in [0.5, 0.6) is 17.2 Å². The molecule has 6 nitrogen and oxygen atoms in total. The van der Waals surface area contributed by atoms with Crippen molar-refractivity contribution in [1.29, 1.82) is 0 Å². The average molecular weight is 460 g/mol. The maximum Gasteiger partial charge on any atom is 0.343 e. The van der Waals surface area contributed by atoms with Crippen molar-refractivity contribution in [3.8, 4) is 17.2 Å². The van der Waals surface area contributed by atoms with Crippen molar-refractivity contribution >= 4 is 40.3 Å². The van der Waals surface area contributed by atoms with Gasteiger partial charge in [0, 0.05) is 40.8 Å². The van der Waals surface area contributed by atoms with Crippen LogP contribution in [0.2, 0.25) is 5.02 Å². The van der Waals surface area contributed by atoms with Gasteiger partial charge in [-0.2, -0.15) is 0 Å². The normalized spacial score (nSPS) is 13.8. The van der Waals surface area contributed by atoms with Gasteiger partial charge in [0.05, 0.1) is 18.2 Å². The van der Waals surface area contributed by atoms with E-state index in [2.05, 4.69) is 0 Å². The van der Waals surface area contributed by atoms with Gasteiger partial charge >= 0.3 is 5.97 Å². The predicted molar refractivity (Wildman–Crippen MR) is 125 cm³/mol. The number of halogens is 1. The van der Waals surface area contributed by atoms with Crippen molar-refractivity contribution in [1.82, 2.24) is 4.57 Å². The molecule has 4 aromatic rings. The molecule has 1 aliphatic heterocycles. The molecular weight excluding hydrogens is 442 g/mol. The number of methoxy groups -OCH3 is 1. The van der Waals surface area contributed by atoms with E-state index in [4.69, 9.17) is 25.8 Å². The number of carbonyl (C=O) groups excluding carboxylic acids is 2. The van der Waals surface area contributed by atoms with Crippen LogP contribution in [0.25, 0.3) is 17.0 Å². The summed E-state index contributed by atoms with van der Waals surface area (Å²) >= 11 is 5.94. The molecule has 7 heteroatoms. The van der Waals surface area contributed by atoms with Crippen LogP contribution in [-0.2, 0) is 7.05 Å². The summed E-state index contributed by atoms with van der Waals surface area (Å²) in [6, 6.07) is 16.9. The molecule has 5 rings (SSSR count). The zero-order chi connectivity index (χ0) is 23.1. The number of benzene rings is 3. The molecule has 0 saturated heterocycles. The van der Waals surface area contributed by atoms with Crippen LogP contribution in [0, 0.1) is 0 Å². The molecule has 1 aliphatic rings. The predicted octanol–water partition coefficient (Wildman–Crippen LogP) is 5.68. The Labute approximate surface area is 194 Å². The van der Waals surface area contributed by atoms with Gasteiger partial charge in [0.25, 0.3) is 0 Å². The highest BCUT2D eigenvalue weighted by Crippen LogP contribution is 2.36. The van der Waals surface area contributed by atoms with Crippen LogP contribution >= 0.6 is 11.6 Å². The first kappa shape index (κ1) is 20.8. The summed E-state index contributed by atoms with van der Waals surface area (Å²) in [5.41, 5.74) is 2.56. The van der Waals surface area contributed by atoms with E-state index in [1.807, 2.05) is 36.0 Å². The van der Waals surface area contributed by atoms with Crippen LogP contribution < -0.4 is 14.2 Å². The molecule has 0 spiro atoms. The maximum atomic E-state index is 12.9. The molecule has 0 amide bonds. The molecule has 0 aliphatic carbocycles. The van der Waals surface area contributed by atoms with E-state index in [0.717, 1.165) is 22.2 Å². The Morgan fingerprint density at radius 3 is 2.67 bits per heavy atom. The number of esters is 1. The number of ether oxygens (including phenoxy) is 3. The molecule has 0 atom stereocenters. The number of aryl methyl sites for hydroxylation is 1. The Kier molecular flexibility index (Phi) is 5.15. The molecule has 0 saturated carbocycles. The molecule has 0 bridgehead atoms. The molecule has 3 aromatic carbocycles.